The third kappa shape index (κ3) is 2.91. The van der Waals surface area contributed by atoms with Gasteiger partial charge in [-0.05, 0) is 30.3 Å². The first-order valence-corrected chi connectivity index (χ1v) is 8.40. The molecule has 0 saturated carbocycles. The molecule has 4 aromatic heterocycles. The molecule has 0 aliphatic rings. The highest BCUT2D eigenvalue weighted by molar-refractivity contribution is 7.19. The number of aromatic nitrogens is 4. The molecule has 0 atom stereocenters. The van der Waals surface area contributed by atoms with Gasteiger partial charge in [-0.3, -0.25) is 9.89 Å². The number of nitrogens with zero attached hydrogens (tertiary/aromatic N) is 3. The third-order valence-corrected chi connectivity index (χ3v) is 4.76. The lowest BCUT2D eigenvalue weighted by molar-refractivity contribution is 0.0945. The minimum Gasteiger partial charge on any atom is -0.345 e. The Labute approximate surface area is 146 Å². The summed E-state index contributed by atoms with van der Waals surface area (Å²) in [5.74, 6) is -0.253. The van der Waals surface area contributed by atoms with Gasteiger partial charge in [0.25, 0.3) is 5.91 Å². The molecule has 4 heterocycles. The normalized spacial score (nSPS) is 11.0. The van der Waals surface area contributed by atoms with Gasteiger partial charge >= 0.3 is 0 Å². The van der Waals surface area contributed by atoms with E-state index in [9.17, 15) is 4.79 Å². The summed E-state index contributed by atoms with van der Waals surface area (Å²) < 4.78 is 2.60. The summed E-state index contributed by atoms with van der Waals surface area (Å²) in [5, 5.41) is 9.74. The van der Waals surface area contributed by atoms with Crippen LogP contribution in [0.15, 0.2) is 48.8 Å². The van der Waals surface area contributed by atoms with Crippen molar-refractivity contribution in [3.8, 4) is 10.6 Å². The largest absolute Gasteiger partial charge is 0.345 e. The van der Waals surface area contributed by atoms with E-state index in [1.807, 2.05) is 47.1 Å². The number of amides is 1. The number of imidazole rings is 1. The fraction of sp³-hybridized carbons (Fsp3) is 0.0625. The summed E-state index contributed by atoms with van der Waals surface area (Å²) in [6.07, 6.45) is 3.80. The van der Waals surface area contributed by atoms with Crippen LogP contribution in [0.2, 0.25) is 4.34 Å². The number of aromatic amines is 1. The zero-order valence-corrected chi connectivity index (χ0v) is 13.9. The lowest BCUT2D eigenvalue weighted by Crippen LogP contribution is -2.23. The maximum absolute atomic E-state index is 12.2. The Morgan fingerprint density at radius 3 is 3.04 bits per heavy atom. The van der Waals surface area contributed by atoms with Gasteiger partial charge in [0.15, 0.2) is 5.69 Å². The maximum Gasteiger partial charge on any atom is 0.272 e. The molecular weight excluding hydrogens is 346 g/mol. The molecule has 0 aromatic carbocycles. The Morgan fingerprint density at radius 1 is 1.33 bits per heavy atom. The van der Waals surface area contributed by atoms with Gasteiger partial charge < -0.3 is 9.72 Å². The number of fused-ring (bicyclic) bond motifs is 1. The molecule has 0 aliphatic carbocycles. The molecule has 0 unspecified atom stereocenters. The SMILES string of the molecule is O=C(NCc1cn2ccccc2n1)c1cc(-c2ccc(Cl)s2)[nH]n1. The van der Waals surface area contributed by atoms with Crippen molar-refractivity contribution < 1.29 is 4.79 Å². The molecule has 4 rings (SSSR count). The lowest BCUT2D eigenvalue weighted by Gasteiger charge is -1.99. The highest BCUT2D eigenvalue weighted by Gasteiger charge is 2.13. The first-order valence-electron chi connectivity index (χ1n) is 7.21. The van der Waals surface area contributed by atoms with Gasteiger partial charge in [-0.25, -0.2) is 4.98 Å². The van der Waals surface area contributed by atoms with Crippen LogP contribution in [-0.2, 0) is 6.54 Å². The predicted molar refractivity (Wildman–Crippen MR) is 93.3 cm³/mol. The topological polar surface area (TPSA) is 75.1 Å². The van der Waals surface area contributed by atoms with Crippen molar-refractivity contribution in [3.63, 3.8) is 0 Å². The van der Waals surface area contributed by atoms with Gasteiger partial charge in [0.05, 0.1) is 27.1 Å². The molecule has 8 heteroatoms. The van der Waals surface area contributed by atoms with E-state index in [0.29, 0.717) is 16.6 Å². The Hall–Kier alpha value is -2.64. The van der Waals surface area contributed by atoms with Crippen LogP contribution in [-0.4, -0.2) is 25.5 Å². The van der Waals surface area contributed by atoms with Crippen LogP contribution >= 0.6 is 22.9 Å². The summed E-state index contributed by atoms with van der Waals surface area (Å²) in [5.41, 5.74) is 2.73. The van der Waals surface area contributed by atoms with Crippen molar-refractivity contribution in [1.82, 2.24) is 24.9 Å². The van der Waals surface area contributed by atoms with Gasteiger partial charge in [0, 0.05) is 12.4 Å². The van der Waals surface area contributed by atoms with E-state index in [1.54, 1.807) is 6.07 Å². The molecule has 0 saturated heterocycles. The number of rotatable bonds is 4. The second-order valence-electron chi connectivity index (χ2n) is 5.15. The van der Waals surface area contributed by atoms with Crippen molar-refractivity contribution in [2.75, 3.05) is 0 Å². The van der Waals surface area contributed by atoms with Crippen LogP contribution in [0, 0.1) is 0 Å². The van der Waals surface area contributed by atoms with Gasteiger partial charge in [0.2, 0.25) is 0 Å². The second kappa shape index (κ2) is 6.10. The monoisotopic (exact) mass is 357 g/mol. The Morgan fingerprint density at radius 2 is 2.25 bits per heavy atom. The van der Waals surface area contributed by atoms with Crippen molar-refractivity contribution in [2.45, 2.75) is 6.54 Å². The van der Waals surface area contributed by atoms with E-state index >= 15 is 0 Å². The van der Waals surface area contributed by atoms with E-state index < -0.39 is 0 Å². The summed E-state index contributed by atoms with van der Waals surface area (Å²) in [6, 6.07) is 11.2. The molecular formula is C16H12ClN5OS. The summed E-state index contributed by atoms with van der Waals surface area (Å²) in [4.78, 5) is 17.6. The van der Waals surface area contributed by atoms with Crippen molar-refractivity contribution in [3.05, 3.63) is 64.5 Å². The average molecular weight is 358 g/mol. The molecule has 0 radical (unpaired) electrons. The van der Waals surface area contributed by atoms with E-state index in [4.69, 9.17) is 11.6 Å². The maximum atomic E-state index is 12.2. The molecule has 120 valence electrons. The molecule has 0 bridgehead atoms. The third-order valence-electron chi connectivity index (χ3n) is 3.49. The Kier molecular flexibility index (Phi) is 3.79. The Bertz CT molecular complexity index is 985. The van der Waals surface area contributed by atoms with E-state index in [0.717, 1.165) is 21.9 Å². The second-order valence-corrected chi connectivity index (χ2v) is 6.87. The fourth-order valence-electron chi connectivity index (χ4n) is 2.36. The minimum absolute atomic E-state index is 0.253. The lowest BCUT2D eigenvalue weighted by atomic mass is 10.3. The quantitative estimate of drug-likeness (QED) is 0.588. The molecule has 0 aliphatic heterocycles. The van der Waals surface area contributed by atoms with E-state index in [1.165, 1.54) is 11.3 Å². The van der Waals surface area contributed by atoms with Gasteiger partial charge in [-0.15, -0.1) is 11.3 Å². The number of pyridine rings is 1. The minimum atomic E-state index is -0.253. The van der Waals surface area contributed by atoms with E-state index in [-0.39, 0.29) is 5.91 Å². The number of hydrogen-bond donors (Lipinski definition) is 2. The van der Waals surface area contributed by atoms with Crippen LogP contribution < -0.4 is 5.32 Å². The average Bonchev–Trinajstić information content (AvgIpc) is 3.30. The molecule has 4 aromatic rings. The zero-order chi connectivity index (χ0) is 16.5. The number of halogens is 1. The standard InChI is InChI=1S/C16H12ClN5OS/c17-14-5-4-13(24-14)11-7-12(21-20-11)16(23)18-8-10-9-22-6-2-1-3-15(22)19-10/h1-7,9H,8H2,(H,18,23)(H,20,21). The molecule has 0 fully saturated rings. The number of thiophene rings is 1. The van der Waals surface area contributed by atoms with Crippen molar-refractivity contribution >= 4 is 34.5 Å². The number of carbonyl (C=O) groups excluding carboxylic acids is 1. The first kappa shape index (κ1) is 14.9. The number of H-pyrrole nitrogens is 1. The Balaban J connectivity index is 1.45. The highest BCUT2D eigenvalue weighted by Crippen LogP contribution is 2.29. The highest BCUT2D eigenvalue weighted by atomic mass is 35.5. The molecule has 24 heavy (non-hydrogen) atoms. The summed E-state index contributed by atoms with van der Waals surface area (Å²) in [7, 11) is 0. The van der Waals surface area contributed by atoms with Crippen LogP contribution in [0.25, 0.3) is 16.2 Å². The van der Waals surface area contributed by atoms with Crippen LogP contribution in [0.3, 0.4) is 0 Å². The van der Waals surface area contributed by atoms with Gasteiger partial charge in [-0.2, -0.15) is 5.10 Å². The molecule has 1 amide bonds. The number of carbonyl (C=O) groups is 1. The van der Waals surface area contributed by atoms with Gasteiger partial charge in [0.1, 0.15) is 5.65 Å². The smallest absolute Gasteiger partial charge is 0.272 e. The van der Waals surface area contributed by atoms with Crippen LogP contribution in [0.5, 0.6) is 0 Å². The summed E-state index contributed by atoms with van der Waals surface area (Å²) in [6.45, 7) is 0.341. The molecule has 2 N–H and O–H groups in total. The number of nitrogens with one attached hydrogen (secondary N) is 2. The van der Waals surface area contributed by atoms with Crippen molar-refractivity contribution in [1.29, 1.82) is 0 Å². The first-order chi connectivity index (χ1) is 11.7. The number of hydrogen-bond acceptors (Lipinski definition) is 4. The van der Waals surface area contributed by atoms with Crippen LogP contribution in [0.1, 0.15) is 16.2 Å². The van der Waals surface area contributed by atoms with Crippen LogP contribution in [0.4, 0.5) is 0 Å². The van der Waals surface area contributed by atoms with E-state index in [2.05, 4.69) is 20.5 Å². The predicted octanol–water partition coefficient (Wildman–Crippen LogP) is 3.37. The van der Waals surface area contributed by atoms with Crippen molar-refractivity contribution in [2.24, 2.45) is 0 Å². The molecule has 0 spiro atoms. The van der Waals surface area contributed by atoms with Gasteiger partial charge in [-0.1, -0.05) is 17.7 Å². The fourth-order valence-corrected chi connectivity index (χ4v) is 3.37. The zero-order valence-electron chi connectivity index (χ0n) is 12.4. The summed E-state index contributed by atoms with van der Waals surface area (Å²) >= 11 is 7.35. The molecule has 6 nitrogen and oxygen atoms in total.